The molecule has 4 rings (SSSR count). The van der Waals surface area contributed by atoms with Gasteiger partial charge in [0.1, 0.15) is 0 Å². The van der Waals surface area contributed by atoms with Crippen molar-refractivity contribution >= 4 is 0 Å². The number of aromatic nitrogens is 4. The second-order valence-corrected chi connectivity index (χ2v) is 4.89. The third-order valence-electron chi connectivity index (χ3n) is 3.61. The van der Waals surface area contributed by atoms with Crippen LogP contribution in [-0.2, 0) is 4.74 Å². The molecule has 2 heterocycles. The van der Waals surface area contributed by atoms with Crippen LogP contribution in [0.1, 0.15) is 36.1 Å². The fraction of sp³-hybridized carbons (Fsp3) is 0.500. The third kappa shape index (κ3) is 1.67. The third-order valence-corrected chi connectivity index (χ3v) is 3.61. The second kappa shape index (κ2) is 3.43. The highest BCUT2D eigenvalue weighted by Gasteiger charge is 2.49. The Hall–Kier alpha value is -1.62. The van der Waals surface area contributed by atoms with Gasteiger partial charge in [0.25, 0.3) is 0 Å². The molecule has 2 saturated carbocycles. The van der Waals surface area contributed by atoms with E-state index in [1.807, 2.05) is 12.4 Å². The van der Waals surface area contributed by atoms with Gasteiger partial charge in [-0.25, -0.2) is 9.97 Å². The molecule has 0 bridgehead atoms. The topological polar surface area (TPSA) is 66.6 Å². The minimum absolute atomic E-state index is 0.368. The number of aromatic amines is 2. The maximum Gasteiger partial charge on any atom is 0.0923 e. The Bertz CT molecular complexity index is 446. The summed E-state index contributed by atoms with van der Waals surface area (Å²) in [6.07, 6.45) is 10.3. The largest absolute Gasteiger partial charge is 0.374 e. The molecule has 2 aromatic heterocycles. The maximum absolute atomic E-state index is 6.04. The highest BCUT2D eigenvalue weighted by atomic mass is 16.5. The van der Waals surface area contributed by atoms with Crippen molar-refractivity contribution in [1.29, 1.82) is 0 Å². The van der Waals surface area contributed by atoms with E-state index in [0.717, 1.165) is 24.2 Å². The molecule has 17 heavy (non-hydrogen) atoms. The minimum Gasteiger partial charge on any atom is -0.374 e. The smallest absolute Gasteiger partial charge is 0.0923 e. The molecule has 2 N–H and O–H groups in total. The average Bonchev–Trinajstić information content (AvgIpc) is 3.12. The van der Waals surface area contributed by atoms with E-state index < -0.39 is 0 Å². The van der Waals surface area contributed by atoms with Crippen LogP contribution in [0, 0.1) is 0 Å². The zero-order valence-electron chi connectivity index (χ0n) is 9.34. The molecule has 4 unspecified atom stereocenters. The van der Waals surface area contributed by atoms with Crippen LogP contribution >= 0.6 is 0 Å². The van der Waals surface area contributed by atoms with E-state index in [4.69, 9.17) is 4.74 Å². The molecule has 2 aromatic rings. The number of H-pyrrole nitrogens is 2. The van der Waals surface area contributed by atoms with E-state index in [1.165, 1.54) is 0 Å². The van der Waals surface area contributed by atoms with Gasteiger partial charge in [0, 0.05) is 24.2 Å². The van der Waals surface area contributed by atoms with Crippen molar-refractivity contribution in [2.75, 3.05) is 0 Å². The fourth-order valence-corrected chi connectivity index (χ4v) is 2.44. The Morgan fingerprint density at radius 3 is 1.88 bits per heavy atom. The molecule has 2 fully saturated rings. The van der Waals surface area contributed by atoms with Gasteiger partial charge in [0.05, 0.1) is 36.3 Å². The van der Waals surface area contributed by atoms with E-state index in [-0.39, 0.29) is 0 Å². The summed E-state index contributed by atoms with van der Waals surface area (Å²) >= 11 is 0. The molecule has 5 heteroatoms. The van der Waals surface area contributed by atoms with Crippen LogP contribution in [0.25, 0.3) is 0 Å². The van der Waals surface area contributed by atoms with E-state index >= 15 is 0 Å². The highest BCUT2D eigenvalue weighted by molar-refractivity contribution is 5.20. The number of rotatable bonds is 4. The Morgan fingerprint density at radius 1 is 0.941 bits per heavy atom. The van der Waals surface area contributed by atoms with Crippen LogP contribution in [-0.4, -0.2) is 32.1 Å². The van der Waals surface area contributed by atoms with Crippen LogP contribution in [0.4, 0.5) is 0 Å². The minimum atomic E-state index is 0.368. The van der Waals surface area contributed by atoms with E-state index in [0.29, 0.717) is 24.0 Å². The maximum atomic E-state index is 6.04. The summed E-state index contributed by atoms with van der Waals surface area (Å²) in [6, 6.07) is 0. The molecular weight excluding hydrogens is 216 g/mol. The van der Waals surface area contributed by atoms with E-state index in [9.17, 15) is 0 Å². The normalized spacial score (nSPS) is 34.8. The van der Waals surface area contributed by atoms with Gasteiger partial charge < -0.3 is 14.7 Å². The lowest BCUT2D eigenvalue weighted by molar-refractivity contribution is 0.0964. The van der Waals surface area contributed by atoms with Gasteiger partial charge in [-0.3, -0.25) is 0 Å². The number of hydrogen-bond acceptors (Lipinski definition) is 3. The van der Waals surface area contributed by atoms with Crippen LogP contribution in [0.3, 0.4) is 0 Å². The zero-order valence-corrected chi connectivity index (χ0v) is 9.34. The molecule has 0 radical (unpaired) electrons. The second-order valence-electron chi connectivity index (χ2n) is 4.89. The lowest BCUT2D eigenvalue weighted by Crippen LogP contribution is -2.01. The summed E-state index contributed by atoms with van der Waals surface area (Å²) in [7, 11) is 0. The van der Waals surface area contributed by atoms with Gasteiger partial charge in [0.15, 0.2) is 0 Å². The van der Waals surface area contributed by atoms with Crippen LogP contribution in [0.15, 0.2) is 25.0 Å². The van der Waals surface area contributed by atoms with Crippen molar-refractivity contribution in [3.63, 3.8) is 0 Å². The summed E-state index contributed by atoms with van der Waals surface area (Å²) in [5.74, 6) is 1.00. The van der Waals surface area contributed by atoms with Crippen molar-refractivity contribution in [2.24, 2.45) is 0 Å². The predicted octanol–water partition coefficient (Wildman–Crippen LogP) is 1.56. The number of ether oxygens (including phenoxy) is 1. The van der Waals surface area contributed by atoms with Crippen molar-refractivity contribution in [3.8, 4) is 0 Å². The van der Waals surface area contributed by atoms with Gasteiger partial charge in [-0.2, -0.15) is 0 Å². The SMILES string of the molecule is c1nc(C2CC2OC2CC2c2c[nH]cn2)c[nH]1. The summed E-state index contributed by atoms with van der Waals surface area (Å²) < 4.78 is 6.04. The van der Waals surface area contributed by atoms with Crippen molar-refractivity contribution in [1.82, 2.24) is 19.9 Å². The summed E-state index contributed by atoms with van der Waals surface area (Å²) in [5.41, 5.74) is 2.26. The van der Waals surface area contributed by atoms with Crippen LogP contribution in [0.5, 0.6) is 0 Å². The Kier molecular flexibility index (Phi) is 1.90. The lowest BCUT2D eigenvalue weighted by Gasteiger charge is -2.00. The molecule has 0 aromatic carbocycles. The molecule has 0 amide bonds. The van der Waals surface area contributed by atoms with Crippen molar-refractivity contribution in [3.05, 3.63) is 36.4 Å². The molecule has 4 atom stereocenters. The number of nitrogens with zero attached hydrogens (tertiary/aromatic N) is 2. The Balaban J connectivity index is 1.34. The average molecular weight is 230 g/mol. The summed E-state index contributed by atoms with van der Waals surface area (Å²) in [4.78, 5) is 14.5. The standard InChI is InChI=1S/C12H14N4O/c1-7(9-3-13-5-15-9)11(1)17-12-2-8(12)10-4-14-6-16-10/h3-8,11-12H,1-2H2,(H,13,15)(H,14,16). The summed E-state index contributed by atoms with van der Waals surface area (Å²) in [6.45, 7) is 0. The van der Waals surface area contributed by atoms with Crippen LogP contribution < -0.4 is 0 Å². The fourth-order valence-electron chi connectivity index (χ4n) is 2.44. The Labute approximate surface area is 98.6 Å². The highest BCUT2D eigenvalue weighted by Crippen LogP contribution is 2.50. The molecule has 0 spiro atoms. The van der Waals surface area contributed by atoms with Gasteiger partial charge in [-0.05, 0) is 12.8 Å². The van der Waals surface area contributed by atoms with Gasteiger partial charge >= 0.3 is 0 Å². The monoisotopic (exact) mass is 230 g/mol. The van der Waals surface area contributed by atoms with E-state index in [1.54, 1.807) is 12.7 Å². The lowest BCUT2D eigenvalue weighted by atomic mass is 10.3. The van der Waals surface area contributed by atoms with Crippen LogP contribution in [0.2, 0.25) is 0 Å². The first kappa shape index (κ1) is 9.41. The van der Waals surface area contributed by atoms with Gasteiger partial charge in [-0.15, -0.1) is 0 Å². The quantitative estimate of drug-likeness (QED) is 0.837. The van der Waals surface area contributed by atoms with Gasteiger partial charge in [-0.1, -0.05) is 0 Å². The molecule has 2 aliphatic rings. The first-order valence-corrected chi connectivity index (χ1v) is 6.04. The van der Waals surface area contributed by atoms with Crippen molar-refractivity contribution < 1.29 is 4.74 Å². The van der Waals surface area contributed by atoms with Crippen molar-refractivity contribution in [2.45, 2.75) is 36.9 Å². The molecular formula is C12H14N4O. The van der Waals surface area contributed by atoms with E-state index in [2.05, 4.69) is 19.9 Å². The van der Waals surface area contributed by atoms with Gasteiger partial charge in [0.2, 0.25) is 0 Å². The zero-order chi connectivity index (χ0) is 11.2. The molecule has 88 valence electrons. The molecule has 0 aliphatic heterocycles. The first-order chi connectivity index (χ1) is 8.42. The molecule has 2 aliphatic carbocycles. The number of hydrogen-bond donors (Lipinski definition) is 2. The number of nitrogens with one attached hydrogen (secondary N) is 2. The first-order valence-electron chi connectivity index (χ1n) is 6.04. The number of imidazole rings is 2. The molecule has 0 saturated heterocycles. The molecule has 5 nitrogen and oxygen atoms in total. The Morgan fingerprint density at radius 2 is 1.47 bits per heavy atom. The summed E-state index contributed by atoms with van der Waals surface area (Å²) in [5, 5.41) is 0. The predicted molar refractivity (Wildman–Crippen MR) is 60.6 cm³/mol.